The van der Waals surface area contributed by atoms with E-state index in [1.165, 1.54) is 15.9 Å². The average molecular weight is 586 g/mol. The molecule has 4 aromatic rings. The summed E-state index contributed by atoms with van der Waals surface area (Å²) < 4.78 is 6.15. The molecule has 0 amide bonds. The predicted molar refractivity (Wildman–Crippen MR) is 176 cm³/mol. The summed E-state index contributed by atoms with van der Waals surface area (Å²) in [5.41, 5.74) is 6.92. The van der Waals surface area contributed by atoms with Gasteiger partial charge < -0.3 is 10.6 Å². The first kappa shape index (κ1) is 28.7. The van der Waals surface area contributed by atoms with Gasteiger partial charge in [0, 0.05) is 14.1 Å². The first-order chi connectivity index (χ1) is 19.9. The predicted octanol–water partition coefficient (Wildman–Crippen LogP) is 5.36. The van der Waals surface area contributed by atoms with Gasteiger partial charge in [-0.1, -0.05) is 0 Å². The molecule has 1 unspecified atom stereocenters. The van der Waals surface area contributed by atoms with Crippen LogP contribution in [0.15, 0.2) is 125 Å². The minimum Gasteiger partial charge on any atom is -0.370 e. The van der Waals surface area contributed by atoms with Gasteiger partial charge in [0.2, 0.25) is 0 Å². The van der Waals surface area contributed by atoms with Crippen molar-refractivity contribution in [2.45, 2.75) is 19.0 Å². The fourth-order valence-corrected chi connectivity index (χ4v) is 11.6. The van der Waals surface area contributed by atoms with Gasteiger partial charge in [0.1, 0.15) is 0 Å². The molecule has 1 aliphatic rings. The van der Waals surface area contributed by atoms with Crippen molar-refractivity contribution in [1.82, 2.24) is 10.2 Å². The van der Waals surface area contributed by atoms with Crippen molar-refractivity contribution in [3.8, 4) is 5.75 Å². The van der Waals surface area contributed by atoms with E-state index in [1.807, 2.05) is 43.3 Å². The summed E-state index contributed by atoms with van der Waals surface area (Å²) in [4.78, 5) is 10.9. The third kappa shape index (κ3) is 5.95. The normalized spacial score (nSPS) is 16.0. The van der Waals surface area contributed by atoms with Crippen LogP contribution >= 0.6 is 17.2 Å². The Morgan fingerprint density at radius 1 is 0.756 bits per heavy atom. The van der Waals surface area contributed by atoms with Crippen molar-refractivity contribution in [1.29, 1.82) is 0 Å². The zero-order valence-electron chi connectivity index (χ0n) is 23.5. The van der Waals surface area contributed by atoms with Crippen molar-refractivity contribution in [3.63, 3.8) is 0 Å². The van der Waals surface area contributed by atoms with Crippen molar-refractivity contribution in [2.75, 3.05) is 26.9 Å². The number of unbranched alkanes of at least 4 members (excludes halogenated alkanes) is 1. The van der Waals surface area contributed by atoms with E-state index in [1.54, 1.807) is 0 Å². The molecule has 8 heteroatoms. The van der Waals surface area contributed by atoms with Gasteiger partial charge in [0.25, 0.3) is 0 Å². The Morgan fingerprint density at radius 2 is 1.27 bits per heavy atom. The molecule has 1 aliphatic heterocycles. The monoisotopic (exact) mass is 585 g/mol. The van der Waals surface area contributed by atoms with Gasteiger partial charge in [-0.3, -0.25) is 5.32 Å². The Kier molecular flexibility index (Phi) is 8.63. The second-order valence-corrected chi connectivity index (χ2v) is 17.0. The van der Waals surface area contributed by atoms with Crippen LogP contribution in [0.5, 0.6) is 5.75 Å². The van der Waals surface area contributed by atoms with Crippen LogP contribution in [-0.4, -0.2) is 43.7 Å². The van der Waals surface area contributed by atoms with Gasteiger partial charge >= 0.3 is 218 Å². The summed E-state index contributed by atoms with van der Waals surface area (Å²) in [6.07, 6.45) is 2.26. The number of aliphatic imine (C=N–C) groups is 2. The molecule has 0 fully saturated rings. The smallest absolute Gasteiger partial charge is 0.370 e. The van der Waals surface area contributed by atoms with E-state index in [-0.39, 0.29) is 6.17 Å². The molecular weight excluding hydrogens is 549 g/mol. The van der Waals surface area contributed by atoms with E-state index < -0.39 is 5.96 Å². The number of ether oxygens (including phenoxy) is 1. The molecule has 212 valence electrons. The second kappa shape index (κ2) is 12.3. The summed E-state index contributed by atoms with van der Waals surface area (Å²) in [5, 5.41) is 6.55. The number of halogens is 1. The molecular formula is C33H37ClN5OP. The first-order valence-corrected chi connectivity index (χ1v) is 17.2. The van der Waals surface area contributed by atoms with Gasteiger partial charge in [0.05, 0.1) is 0 Å². The first-order valence-electron chi connectivity index (χ1n) is 13.9. The van der Waals surface area contributed by atoms with Crippen molar-refractivity contribution < 1.29 is 4.74 Å². The summed E-state index contributed by atoms with van der Waals surface area (Å²) >= 11 is 8.15. The maximum atomic E-state index is 8.15. The van der Waals surface area contributed by atoms with Crippen LogP contribution in [-0.2, 0) is 0 Å². The molecule has 5 rings (SSSR count). The average Bonchev–Trinajstić information content (AvgIpc) is 3.02. The van der Waals surface area contributed by atoms with Gasteiger partial charge in [-0.15, -0.1) is 0 Å². The van der Waals surface area contributed by atoms with E-state index >= 15 is 0 Å². The van der Waals surface area contributed by atoms with Crippen LogP contribution in [0.2, 0.25) is 0 Å². The number of guanidine groups is 2. The van der Waals surface area contributed by atoms with Crippen molar-refractivity contribution in [2.24, 2.45) is 15.7 Å². The summed E-state index contributed by atoms with van der Waals surface area (Å²) in [6, 6.07) is 39.7. The molecule has 0 spiro atoms. The number of nitrogens with two attached hydrogens (primary N) is 1. The topological polar surface area (TPSA) is 75.2 Å². The Balaban J connectivity index is 1.30. The molecule has 0 saturated carbocycles. The Hall–Kier alpha value is -3.86. The van der Waals surface area contributed by atoms with Crippen molar-refractivity contribution in [3.05, 3.63) is 121 Å². The molecule has 6 nitrogen and oxygen atoms in total. The number of benzene rings is 4. The fourth-order valence-electron chi connectivity index (χ4n) is 5.32. The molecule has 0 aliphatic carbocycles. The van der Waals surface area contributed by atoms with Crippen LogP contribution in [0.1, 0.15) is 24.6 Å². The standard InChI is InChI=1S/C33H37ClN5OP/c1-39(2)33-37-31(36-32(35)38-33)26-20-22-27(23-21-26)40-24-12-13-25-41(34,28-14-6-3-7-15-28,29-16-8-4-9-17-29)30-18-10-5-11-19-30/h3-11,14-23,31H,12-13,24-25H2,1-2H3,(H3,35,36,37,38). The van der Waals surface area contributed by atoms with Crippen molar-refractivity contribution >= 4 is 45.0 Å². The zero-order chi connectivity index (χ0) is 28.7. The molecule has 0 saturated heterocycles. The second-order valence-electron chi connectivity index (χ2n) is 10.4. The van der Waals surface area contributed by atoms with E-state index in [2.05, 4.69) is 106 Å². The van der Waals surface area contributed by atoms with E-state index in [0.717, 1.165) is 30.3 Å². The fraction of sp³-hybridized carbons (Fsp3) is 0.212. The molecule has 0 aromatic heterocycles. The maximum absolute atomic E-state index is 8.15. The van der Waals surface area contributed by atoms with E-state index in [9.17, 15) is 0 Å². The molecule has 1 heterocycles. The summed E-state index contributed by atoms with van der Waals surface area (Å²) in [7, 11) is 3.83. The molecule has 0 bridgehead atoms. The Labute approximate surface area is 247 Å². The van der Waals surface area contributed by atoms with Crippen LogP contribution in [0.3, 0.4) is 0 Å². The van der Waals surface area contributed by atoms with E-state index in [0.29, 0.717) is 18.5 Å². The quantitative estimate of drug-likeness (QED) is 0.194. The molecule has 0 radical (unpaired) electrons. The summed E-state index contributed by atoms with van der Waals surface area (Å²) in [5.74, 6) is -1.39. The minimum absolute atomic E-state index is 0.354. The molecule has 4 aromatic carbocycles. The van der Waals surface area contributed by atoms with Gasteiger partial charge in [-0.25, -0.2) is 0 Å². The SMILES string of the molecule is CN(C)C1=NC(c2ccc(OCCCCP(Cl)(c3ccccc3)(c3ccccc3)c3ccccc3)cc2)N=C(N)N1. The van der Waals surface area contributed by atoms with Crippen LogP contribution in [0, 0.1) is 0 Å². The number of hydrogen-bond acceptors (Lipinski definition) is 6. The van der Waals surface area contributed by atoms with Gasteiger partial charge in [-0.2, -0.15) is 0 Å². The number of hydrogen-bond donors (Lipinski definition) is 2. The third-order valence-electron chi connectivity index (χ3n) is 7.47. The number of nitrogens with zero attached hydrogens (tertiary/aromatic N) is 3. The molecule has 1 atom stereocenters. The Bertz CT molecular complexity index is 1400. The molecule has 3 N–H and O–H groups in total. The molecule has 41 heavy (non-hydrogen) atoms. The van der Waals surface area contributed by atoms with Crippen LogP contribution in [0.25, 0.3) is 0 Å². The zero-order valence-corrected chi connectivity index (χ0v) is 25.2. The summed E-state index contributed by atoms with van der Waals surface area (Å²) in [6.45, 7) is 0.600. The number of nitrogens with one attached hydrogen (secondary N) is 1. The minimum atomic E-state index is -3.24. The Morgan fingerprint density at radius 3 is 1.76 bits per heavy atom. The number of rotatable bonds is 10. The third-order valence-corrected chi connectivity index (χ3v) is 15.0. The van der Waals surface area contributed by atoms with Crippen LogP contribution < -0.4 is 31.7 Å². The van der Waals surface area contributed by atoms with Gasteiger partial charge in [0.15, 0.2) is 0 Å². The van der Waals surface area contributed by atoms with Crippen LogP contribution in [0.4, 0.5) is 0 Å². The van der Waals surface area contributed by atoms with E-state index in [4.69, 9.17) is 21.7 Å². The van der Waals surface area contributed by atoms with Gasteiger partial charge in [-0.05, 0) is 0 Å².